The van der Waals surface area contributed by atoms with Gasteiger partial charge in [-0.2, -0.15) is 4.31 Å². The van der Waals surface area contributed by atoms with E-state index in [2.05, 4.69) is 0 Å². The monoisotopic (exact) mass is 369 g/mol. The van der Waals surface area contributed by atoms with E-state index in [0.717, 1.165) is 5.56 Å². The van der Waals surface area contributed by atoms with Gasteiger partial charge in [-0.25, -0.2) is 8.42 Å². The van der Waals surface area contributed by atoms with Crippen molar-refractivity contribution in [3.63, 3.8) is 0 Å². The van der Waals surface area contributed by atoms with Gasteiger partial charge in [-0.3, -0.25) is 0 Å². The lowest BCUT2D eigenvalue weighted by atomic mass is 10.2. The molecule has 0 spiro atoms. The summed E-state index contributed by atoms with van der Waals surface area (Å²) < 4.78 is 37.4. The van der Waals surface area contributed by atoms with Crippen LogP contribution >= 0.6 is 11.6 Å². The van der Waals surface area contributed by atoms with Crippen LogP contribution in [0.3, 0.4) is 0 Å². The molecule has 2 rings (SSSR count). The van der Waals surface area contributed by atoms with Gasteiger partial charge in [0.25, 0.3) is 0 Å². The molecule has 2 aromatic rings. The van der Waals surface area contributed by atoms with E-state index in [9.17, 15) is 8.42 Å². The number of hydrogen-bond acceptors (Lipinski definition) is 4. The molecule has 24 heavy (non-hydrogen) atoms. The number of methoxy groups -OCH3 is 2. The van der Waals surface area contributed by atoms with Crippen molar-refractivity contribution < 1.29 is 17.9 Å². The molecular weight excluding hydrogens is 350 g/mol. The van der Waals surface area contributed by atoms with Gasteiger partial charge < -0.3 is 9.47 Å². The molecule has 0 bridgehead atoms. The van der Waals surface area contributed by atoms with Crippen molar-refractivity contribution in [3.05, 3.63) is 53.1 Å². The van der Waals surface area contributed by atoms with Crippen molar-refractivity contribution in [2.75, 3.05) is 20.8 Å². The highest BCUT2D eigenvalue weighted by atomic mass is 35.5. The molecule has 0 aliphatic rings. The molecule has 0 radical (unpaired) electrons. The lowest BCUT2D eigenvalue weighted by molar-refractivity contribution is 0.353. The van der Waals surface area contributed by atoms with Gasteiger partial charge in [0, 0.05) is 18.1 Å². The fraction of sp³-hybridized carbons (Fsp3) is 0.294. The molecule has 0 saturated heterocycles. The summed E-state index contributed by atoms with van der Waals surface area (Å²) in [5, 5.41) is 0.497. The molecule has 5 nitrogen and oxygen atoms in total. The molecule has 0 aromatic heterocycles. The molecule has 7 heteroatoms. The SMILES string of the molecule is CCN(Cc1ccc(OC)c(OC)c1)S(=O)(=O)c1ccc(Cl)cc1. The van der Waals surface area contributed by atoms with Crippen molar-refractivity contribution in [2.24, 2.45) is 0 Å². The smallest absolute Gasteiger partial charge is 0.243 e. The Bertz CT molecular complexity index is 791. The maximum Gasteiger partial charge on any atom is 0.243 e. The van der Waals surface area contributed by atoms with Crippen molar-refractivity contribution in [1.82, 2.24) is 4.31 Å². The highest BCUT2D eigenvalue weighted by Crippen LogP contribution is 2.29. The number of rotatable bonds is 7. The van der Waals surface area contributed by atoms with Crippen LogP contribution in [0.1, 0.15) is 12.5 Å². The van der Waals surface area contributed by atoms with Crippen LogP contribution in [0.2, 0.25) is 5.02 Å². The molecule has 130 valence electrons. The Hall–Kier alpha value is -1.76. The van der Waals surface area contributed by atoms with Crippen molar-refractivity contribution >= 4 is 21.6 Å². The quantitative estimate of drug-likeness (QED) is 0.748. The van der Waals surface area contributed by atoms with Gasteiger partial charge in [0.05, 0.1) is 19.1 Å². The first kappa shape index (κ1) is 18.6. The number of halogens is 1. The first-order chi connectivity index (χ1) is 11.4. The highest BCUT2D eigenvalue weighted by Gasteiger charge is 2.23. The van der Waals surface area contributed by atoms with Crippen LogP contribution in [0.25, 0.3) is 0 Å². The zero-order valence-corrected chi connectivity index (χ0v) is 15.4. The van der Waals surface area contributed by atoms with Crippen LogP contribution in [0.15, 0.2) is 47.4 Å². The summed E-state index contributed by atoms with van der Waals surface area (Å²) in [6.07, 6.45) is 0. The molecule has 0 N–H and O–H groups in total. The minimum atomic E-state index is -3.60. The summed E-state index contributed by atoms with van der Waals surface area (Å²) in [6, 6.07) is 11.5. The fourth-order valence-electron chi connectivity index (χ4n) is 2.30. The number of benzene rings is 2. The van der Waals surface area contributed by atoms with Crippen LogP contribution < -0.4 is 9.47 Å². The summed E-state index contributed by atoms with van der Waals surface area (Å²) in [6.45, 7) is 2.38. The van der Waals surface area contributed by atoms with Crippen LogP contribution in [0, 0.1) is 0 Å². The predicted octanol–water partition coefficient (Wildman–Crippen LogP) is 3.57. The van der Waals surface area contributed by atoms with Gasteiger partial charge in [0.2, 0.25) is 10.0 Å². The number of nitrogens with zero attached hydrogens (tertiary/aromatic N) is 1. The number of ether oxygens (including phenoxy) is 2. The van der Waals surface area contributed by atoms with Crippen LogP contribution in [0.5, 0.6) is 11.5 Å². The van der Waals surface area contributed by atoms with Gasteiger partial charge in [-0.1, -0.05) is 24.6 Å². The second-order valence-electron chi connectivity index (χ2n) is 5.07. The van der Waals surface area contributed by atoms with E-state index in [-0.39, 0.29) is 11.4 Å². The van der Waals surface area contributed by atoms with E-state index in [1.807, 2.05) is 6.07 Å². The molecule has 0 aliphatic heterocycles. The average molecular weight is 370 g/mol. The Morgan fingerprint density at radius 1 is 1.00 bits per heavy atom. The third kappa shape index (κ3) is 4.01. The molecule has 0 amide bonds. The second-order valence-corrected chi connectivity index (χ2v) is 7.45. The zero-order chi connectivity index (χ0) is 17.7. The minimum absolute atomic E-state index is 0.217. The van der Waals surface area contributed by atoms with Crippen LogP contribution in [-0.2, 0) is 16.6 Å². The van der Waals surface area contributed by atoms with Gasteiger partial charge in [-0.15, -0.1) is 0 Å². The van der Waals surface area contributed by atoms with Crippen LogP contribution in [0.4, 0.5) is 0 Å². The largest absolute Gasteiger partial charge is 0.493 e. The van der Waals surface area contributed by atoms with Gasteiger partial charge in [-0.05, 0) is 42.0 Å². The summed E-state index contributed by atoms with van der Waals surface area (Å²) in [5.74, 6) is 1.17. The topological polar surface area (TPSA) is 55.8 Å². The molecule has 0 fully saturated rings. The molecule has 0 heterocycles. The zero-order valence-electron chi connectivity index (χ0n) is 13.8. The Morgan fingerprint density at radius 2 is 1.62 bits per heavy atom. The molecule has 0 saturated carbocycles. The van der Waals surface area contributed by atoms with E-state index < -0.39 is 10.0 Å². The summed E-state index contributed by atoms with van der Waals surface area (Å²) >= 11 is 5.83. The van der Waals surface area contributed by atoms with Crippen molar-refractivity contribution in [3.8, 4) is 11.5 Å². The molecular formula is C17H20ClNO4S. The fourth-order valence-corrected chi connectivity index (χ4v) is 3.87. The van der Waals surface area contributed by atoms with E-state index in [1.54, 1.807) is 45.4 Å². The number of sulfonamides is 1. The van der Waals surface area contributed by atoms with Crippen LogP contribution in [-0.4, -0.2) is 33.5 Å². The maximum atomic E-state index is 12.8. The highest BCUT2D eigenvalue weighted by molar-refractivity contribution is 7.89. The standard InChI is InChI=1S/C17H20ClNO4S/c1-4-19(24(20,21)15-8-6-14(18)7-9-15)12-13-5-10-16(22-2)17(11-13)23-3/h5-11H,4,12H2,1-3H3. The third-order valence-electron chi connectivity index (χ3n) is 3.61. The molecule has 0 aliphatic carbocycles. The van der Waals surface area contributed by atoms with Gasteiger partial charge >= 0.3 is 0 Å². The van der Waals surface area contributed by atoms with E-state index in [1.165, 1.54) is 16.4 Å². The minimum Gasteiger partial charge on any atom is -0.493 e. The maximum absolute atomic E-state index is 12.8. The molecule has 0 unspecified atom stereocenters. The average Bonchev–Trinajstić information content (AvgIpc) is 2.59. The predicted molar refractivity (Wildman–Crippen MR) is 94.3 cm³/mol. The van der Waals surface area contributed by atoms with Crippen molar-refractivity contribution in [2.45, 2.75) is 18.4 Å². The molecule has 2 aromatic carbocycles. The lowest BCUT2D eigenvalue weighted by Crippen LogP contribution is -2.30. The Kier molecular flexibility index (Phi) is 6.10. The summed E-state index contributed by atoms with van der Waals surface area (Å²) in [4.78, 5) is 0.217. The number of hydrogen-bond donors (Lipinski definition) is 0. The Balaban J connectivity index is 2.30. The van der Waals surface area contributed by atoms with Gasteiger partial charge in [0.1, 0.15) is 0 Å². The van der Waals surface area contributed by atoms with Gasteiger partial charge in [0.15, 0.2) is 11.5 Å². The lowest BCUT2D eigenvalue weighted by Gasteiger charge is -2.21. The van der Waals surface area contributed by atoms with Crippen molar-refractivity contribution in [1.29, 1.82) is 0 Å². The van der Waals surface area contributed by atoms with E-state index >= 15 is 0 Å². The summed E-state index contributed by atoms with van der Waals surface area (Å²) in [7, 11) is -0.497. The summed E-state index contributed by atoms with van der Waals surface area (Å²) in [5.41, 5.74) is 0.812. The normalized spacial score (nSPS) is 11.5. The first-order valence-corrected chi connectivity index (χ1v) is 9.20. The van der Waals surface area contributed by atoms with E-state index in [0.29, 0.717) is 23.1 Å². The van der Waals surface area contributed by atoms with E-state index in [4.69, 9.17) is 21.1 Å². The molecule has 0 atom stereocenters. The Morgan fingerprint density at radius 3 is 2.17 bits per heavy atom. The first-order valence-electron chi connectivity index (χ1n) is 7.39. The third-order valence-corrected chi connectivity index (χ3v) is 5.80. The second kappa shape index (κ2) is 7.88. The Labute approximate surface area is 147 Å².